The standard InChI is InChI=1S/C12H21N5O2/c1-3-16-9(2)15-12(17(18)19)11(16)14-7-5-10-4-6-13-8-10/h10,13-14H,3-8H2,1-2H3. The van der Waals surface area contributed by atoms with E-state index in [0.29, 0.717) is 24.1 Å². The van der Waals surface area contributed by atoms with Crippen LogP contribution in [0.3, 0.4) is 0 Å². The van der Waals surface area contributed by atoms with Gasteiger partial charge in [-0.3, -0.25) is 4.57 Å². The number of rotatable bonds is 6. The molecule has 0 saturated carbocycles. The average Bonchev–Trinajstić information content (AvgIpc) is 2.97. The van der Waals surface area contributed by atoms with Gasteiger partial charge in [0.05, 0.1) is 0 Å². The Labute approximate surface area is 112 Å². The van der Waals surface area contributed by atoms with E-state index < -0.39 is 4.92 Å². The summed E-state index contributed by atoms with van der Waals surface area (Å²) in [5.74, 6) is 1.82. The minimum atomic E-state index is -0.418. The highest BCUT2D eigenvalue weighted by molar-refractivity contribution is 5.53. The van der Waals surface area contributed by atoms with Crippen LogP contribution in [0.4, 0.5) is 11.6 Å². The molecule has 1 aromatic rings. The molecule has 1 aromatic heterocycles. The number of hydrogen-bond donors (Lipinski definition) is 2. The van der Waals surface area contributed by atoms with E-state index in [1.54, 1.807) is 6.92 Å². The van der Waals surface area contributed by atoms with Gasteiger partial charge in [0.25, 0.3) is 0 Å². The van der Waals surface area contributed by atoms with Crippen molar-refractivity contribution in [2.24, 2.45) is 5.92 Å². The molecule has 2 rings (SSSR count). The van der Waals surface area contributed by atoms with E-state index >= 15 is 0 Å². The van der Waals surface area contributed by atoms with Crippen molar-refractivity contribution in [1.29, 1.82) is 0 Å². The third-order valence-electron chi connectivity index (χ3n) is 3.64. The largest absolute Gasteiger partial charge is 0.406 e. The van der Waals surface area contributed by atoms with Crippen LogP contribution in [0.2, 0.25) is 0 Å². The topological polar surface area (TPSA) is 85.0 Å². The molecule has 1 aliphatic rings. The van der Waals surface area contributed by atoms with E-state index in [4.69, 9.17) is 0 Å². The lowest BCUT2D eigenvalue weighted by Crippen LogP contribution is -2.15. The van der Waals surface area contributed by atoms with Crippen LogP contribution in [-0.2, 0) is 6.54 Å². The maximum absolute atomic E-state index is 11.0. The van der Waals surface area contributed by atoms with E-state index in [0.717, 1.165) is 26.1 Å². The first-order chi connectivity index (χ1) is 9.13. The average molecular weight is 267 g/mol. The number of aryl methyl sites for hydroxylation is 1. The highest BCUT2D eigenvalue weighted by Gasteiger charge is 2.24. The normalized spacial score (nSPS) is 18.7. The molecule has 1 saturated heterocycles. The van der Waals surface area contributed by atoms with Gasteiger partial charge in [-0.1, -0.05) is 0 Å². The van der Waals surface area contributed by atoms with E-state index in [9.17, 15) is 10.1 Å². The summed E-state index contributed by atoms with van der Waals surface area (Å²) in [6.45, 7) is 7.32. The second-order valence-corrected chi connectivity index (χ2v) is 4.91. The van der Waals surface area contributed by atoms with E-state index in [1.165, 1.54) is 6.42 Å². The van der Waals surface area contributed by atoms with Crippen LogP contribution in [0.5, 0.6) is 0 Å². The van der Waals surface area contributed by atoms with E-state index in [1.807, 2.05) is 11.5 Å². The third kappa shape index (κ3) is 3.04. The molecule has 106 valence electrons. The van der Waals surface area contributed by atoms with Crippen LogP contribution in [0.25, 0.3) is 0 Å². The van der Waals surface area contributed by atoms with Gasteiger partial charge in [-0.2, -0.15) is 0 Å². The van der Waals surface area contributed by atoms with Gasteiger partial charge < -0.3 is 20.7 Å². The van der Waals surface area contributed by atoms with Gasteiger partial charge in [0.15, 0.2) is 0 Å². The van der Waals surface area contributed by atoms with E-state index in [2.05, 4.69) is 15.6 Å². The minimum Gasteiger partial charge on any atom is -0.364 e. The van der Waals surface area contributed by atoms with Crippen molar-refractivity contribution in [2.45, 2.75) is 33.2 Å². The summed E-state index contributed by atoms with van der Waals surface area (Å²) in [6.07, 6.45) is 2.22. The first kappa shape index (κ1) is 13.8. The fourth-order valence-electron chi connectivity index (χ4n) is 2.59. The number of nitrogens with one attached hydrogen (secondary N) is 2. The van der Waals surface area contributed by atoms with Crippen molar-refractivity contribution in [3.8, 4) is 0 Å². The lowest BCUT2D eigenvalue weighted by molar-refractivity contribution is -0.388. The first-order valence-electron chi connectivity index (χ1n) is 6.79. The Morgan fingerprint density at radius 3 is 3.00 bits per heavy atom. The molecule has 2 N–H and O–H groups in total. The number of anilines is 1. The van der Waals surface area contributed by atoms with Gasteiger partial charge in [0.2, 0.25) is 11.6 Å². The molecule has 0 radical (unpaired) electrons. The zero-order valence-electron chi connectivity index (χ0n) is 11.5. The lowest BCUT2D eigenvalue weighted by atomic mass is 10.1. The molecule has 0 aliphatic carbocycles. The van der Waals surface area contributed by atoms with Crippen LogP contribution in [0.15, 0.2) is 0 Å². The van der Waals surface area contributed by atoms with Crippen molar-refractivity contribution < 1.29 is 4.92 Å². The second kappa shape index (κ2) is 6.01. The van der Waals surface area contributed by atoms with Crippen LogP contribution in [0.1, 0.15) is 25.6 Å². The first-order valence-corrected chi connectivity index (χ1v) is 6.79. The van der Waals surface area contributed by atoms with Crippen LogP contribution >= 0.6 is 0 Å². The Kier molecular flexibility index (Phi) is 4.36. The molecular formula is C12H21N5O2. The number of hydrogen-bond acceptors (Lipinski definition) is 5. The number of nitrogens with zero attached hydrogens (tertiary/aromatic N) is 3. The SMILES string of the molecule is CCn1c(C)nc([N+](=O)[O-])c1NCCC1CCNC1. The zero-order chi connectivity index (χ0) is 13.8. The Bertz CT molecular complexity index is 451. The summed E-state index contributed by atoms with van der Waals surface area (Å²) < 4.78 is 1.85. The highest BCUT2D eigenvalue weighted by atomic mass is 16.6. The Morgan fingerprint density at radius 2 is 2.42 bits per heavy atom. The van der Waals surface area contributed by atoms with E-state index in [-0.39, 0.29) is 5.82 Å². The molecular weight excluding hydrogens is 246 g/mol. The van der Waals surface area contributed by atoms with Gasteiger partial charge in [-0.25, -0.2) is 0 Å². The summed E-state index contributed by atoms with van der Waals surface area (Å²) in [5.41, 5.74) is 0. The van der Waals surface area contributed by atoms with Gasteiger partial charge >= 0.3 is 5.82 Å². The minimum absolute atomic E-state index is 0.0658. The summed E-state index contributed by atoms with van der Waals surface area (Å²) in [5, 5.41) is 17.5. The van der Waals surface area contributed by atoms with Crippen molar-refractivity contribution >= 4 is 11.6 Å². The number of aromatic nitrogens is 2. The molecule has 0 amide bonds. The molecule has 0 spiro atoms. The summed E-state index contributed by atoms with van der Waals surface area (Å²) in [7, 11) is 0. The zero-order valence-corrected chi connectivity index (χ0v) is 11.5. The second-order valence-electron chi connectivity index (χ2n) is 4.91. The predicted octanol–water partition coefficient (Wildman–Crippen LogP) is 1.53. The number of nitro groups is 1. The predicted molar refractivity (Wildman–Crippen MR) is 73.4 cm³/mol. The summed E-state index contributed by atoms with van der Waals surface area (Å²) in [4.78, 5) is 14.6. The van der Waals surface area contributed by atoms with Crippen LogP contribution < -0.4 is 10.6 Å². The molecule has 7 nitrogen and oxygen atoms in total. The molecule has 0 aromatic carbocycles. The molecule has 0 bridgehead atoms. The summed E-state index contributed by atoms with van der Waals surface area (Å²) in [6, 6.07) is 0. The maximum atomic E-state index is 11.0. The Morgan fingerprint density at radius 1 is 1.63 bits per heavy atom. The molecule has 1 atom stereocenters. The molecule has 1 aliphatic heterocycles. The molecule has 7 heteroatoms. The molecule has 1 fully saturated rings. The highest BCUT2D eigenvalue weighted by Crippen LogP contribution is 2.25. The van der Waals surface area contributed by atoms with Crippen LogP contribution in [-0.4, -0.2) is 34.1 Å². The fraction of sp³-hybridized carbons (Fsp3) is 0.750. The van der Waals surface area contributed by atoms with Crippen molar-refractivity contribution in [1.82, 2.24) is 14.9 Å². The quantitative estimate of drug-likeness (QED) is 0.603. The van der Waals surface area contributed by atoms with Crippen LogP contribution in [0, 0.1) is 23.0 Å². The molecule has 2 heterocycles. The smallest absolute Gasteiger partial charge is 0.364 e. The Balaban J connectivity index is 2.02. The van der Waals surface area contributed by atoms with Crippen molar-refractivity contribution in [2.75, 3.05) is 25.0 Å². The maximum Gasteiger partial charge on any atom is 0.406 e. The van der Waals surface area contributed by atoms with Gasteiger partial charge in [-0.05, 0) is 48.7 Å². The van der Waals surface area contributed by atoms with Gasteiger partial charge in [0.1, 0.15) is 0 Å². The number of imidazole rings is 1. The third-order valence-corrected chi connectivity index (χ3v) is 3.64. The molecule has 19 heavy (non-hydrogen) atoms. The molecule has 1 unspecified atom stereocenters. The monoisotopic (exact) mass is 267 g/mol. The van der Waals surface area contributed by atoms with Crippen molar-refractivity contribution in [3.05, 3.63) is 15.9 Å². The van der Waals surface area contributed by atoms with Gasteiger partial charge in [0, 0.05) is 20.0 Å². The lowest BCUT2D eigenvalue weighted by Gasteiger charge is -2.11. The van der Waals surface area contributed by atoms with Gasteiger partial charge in [-0.15, -0.1) is 0 Å². The summed E-state index contributed by atoms with van der Waals surface area (Å²) >= 11 is 0. The van der Waals surface area contributed by atoms with Crippen molar-refractivity contribution in [3.63, 3.8) is 0 Å². The fourth-order valence-corrected chi connectivity index (χ4v) is 2.59. The Hall–Kier alpha value is -1.63.